The van der Waals surface area contributed by atoms with Crippen molar-refractivity contribution in [3.63, 3.8) is 0 Å². The largest absolute Gasteiger partial charge is 0.347 e. The second-order valence-electron chi connectivity index (χ2n) is 8.37. The summed E-state index contributed by atoms with van der Waals surface area (Å²) in [5, 5.41) is 3.11. The fraction of sp³-hybridized carbons (Fsp3) is 0.222. The van der Waals surface area contributed by atoms with Gasteiger partial charge in [-0.2, -0.15) is 0 Å². The van der Waals surface area contributed by atoms with E-state index in [1.807, 2.05) is 74.5 Å². The number of rotatable bonds is 7. The van der Waals surface area contributed by atoms with Crippen LogP contribution in [0.5, 0.6) is 0 Å². The fourth-order valence-electron chi connectivity index (χ4n) is 4.17. The van der Waals surface area contributed by atoms with Crippen LogP contribution < -0.4 is 5.32 Å². The Labute approximate surface area is 188 Å². The molecule has 32 heavy (non-hydrogen) atoms. The summed E-state index contributed by atoms with van der Waals surface area (Å²) in [4.78, 5) is 41.0. The molecule has 5 nitrogen and oxygen atoms in total. The molecule has 0 bridgehead atoms. The van der Waals surface area contributed by atoms with Crippen molar-refractivity contribution >= 4 is 17.7 Å². The summed E-state index contributed by atoms with van der Waals surface area (Å²) in [5.41, 5.74) is 2.54. The van der Waals surface area contributed by atoms with E-state index in [2.05, 4.69) is 5.32 Å². The molecule has 5 heteroatoms. The number of carbonyl (C=O) groups is 3. The third-order valence-corrected chi connectivity index (χ3v) is 5.83. The van der Waals surface area contributed by atoms with E-state index < -0.39 is 17.9 Å². The minimum absolute atomic E-state index is 0.126. The molecule has 162 valence electrons. The fourth-order valence-corrected chi connectivity index (χ4v) is 4.17. The van der Waals surface area contributed by atoms with Crippen LogP contribution in [0, 0.1) is 5.92 Å². The minimum Gasteiger partial charge on any atom is -0.347 e. The highest BCUT2D eigenvalue weighted by Crippen LogP contribution is 2.27. The standard InChI is InChI=1S/C27H26N2O3/c1-18(2)24(20-13-7-4-8-14-20)28-25(30)23(17-19-11-5-3-6-12-19)29-26(31)21-15-9-10-16-22(21)27(29)32/h3-16,18,23-24H,17H2,1-2H3,(H,28,30)/t23-,24+/m0/s1. The summed E-state index contributed by atoms with van der Waals surface area (Å²) in [6.07, 6.45) is 0.248. The molecule has 1 N–H and O–H groups in total. The molecule has 0 aromatic heterocycles. The summed E-state index contributed by atoms with van der Waals surface area (Å²) in [6.45, 7) is 4.07. The Kier molecular flexibility index (Phi) is 6.17. The second kappa shape index (κ2) is 9.18. The van der Waals surface area contributed by atoms with Crippen LogP contribution >= 0.6 is 0 Å². The van der Waals surface area contributed by atoms with Crippen LogP contribution in [0.25, 0.3) is 0 Å². The first-order valence-electron chi connectivity index (χ1n) is 10.8. The third kappa shape index (κ3) is 4.19. The molecule has 0 aliphatic carbocycles. The van der Waals surface area contributed by atoms with Crippen LogP contribution in [-0.2, 0) is 11.2 Å². The molecular weight excluding hydrogens is 400 g/mol. The van der Waals surface area contributed by atoms with Gasteiger partial charge in [-0.3, -0.25) is 19.3 Å². The molecule has 0 saturated carbocycles. The van der Waals surface area contributed by atoms with E-state index in [1.54, 1.807) is 24.3 Å². The van der Waals surface area contributed by atoms with Gasteiger partial charge in [-0.15, -0.1) is 0 Å². The average Bonchev–Trinajstić information content (AvgIpc) is 3.07. The van der Waals surface area contributed by atoms with Crippen LogP contribution in [-0.4, -0.2) is 28.7 Å². The molecule has 3 aromatic carbocycles. The Hall–Kier alpha value is -3.73. The lowest BCUT2D eigenvalue weighted by molar-refractivity contribution is -0.126. The van der Waals surface area contributed by atoms with E-state index >= 15 is 0 Å². The Morgan fingerprint density at radius 2 is 1.28 bits per heavy atom. The van der Waals surface area contributed by atoms with Crippen molar-refractivity contribution in [1.29, 1.82) is 0 Å². The molecule has 0 spiro atoms. The van der Waals surface area contributed by atoms with Gasteiger partial charge in [0.2, 0.25) is 5.91 Å². The van der Waals surface area contributed by atoms with E-state index in [-0.39, 0.29) is 24.3 Å². The molecule has 2 atom stereocenters. The Balaban J connectivity index is 1.68. The van der Waals surface area contributed by atoms with E-state index in [9.17, 15) is 14.4 Å². The van der Waals surface area contributed by atoms with E-state index in [0.717, 1.165) is 16.0 Å². The van der Waals surface area contributed by atoms with Crippen molar-refractivity contribution in [3.05, 3.63) is 107 Å². The third-order valence-electron chi connectivity index (χ3n) is 5.83. The number of hydrogen-bond donors (Lipinski definition) is 1. The monoisotopic (exact) mass is 426 g/mol. The number of fused-ring (bicyclic) bond motifs is 1. The van der Waals surface area contributed by atoms with Gasteiger partial charge in [0, 0.05) is 6.42 Å². The van der Waals surface area contributed by atoms with E-state index in [0.29, 0.717) is 11.1 Å². The Morgan fingerprint density at radius 3 is 1.81 bits per heavy atom. The number of hydrogen-bond acceptors (Lipinski definition) is 3. The number of amides is 3. The molecule has 1 aliphatic rings. The molecule has 3 aromatic rings. The molecule has 1 aliphatic heterocycles. The topological polar surface area (TPSA) is 66.5 Å². The van der Waals surface area contributed by atoms with Crippen LogP contribution in [0.3, 0.4) is 0 Å². The van der Waals surface area contributed by atoms with E-state index in [1.165, 1.54) is 0 Å². The molecule has 3 amide bonds. The maximum atomic E-state index is 13.6. The zero-order chi connectivity index (χ0) is 22.7. The summed E-state index contributed by atoms with van der Waals surface area (Å²) in [6, 6.07) is 24.7. The highest BCUT2D eigenvalue weighted by Gasteiger charge is 2.43. The molecule has 0 fully saturated rings. The molecule has 4 rings (SSSR count). The first kappa shape index (κ1) is 21.5. The number of imide groups is 1. The van der Waals surface area contributed by atoms with Gasteiger partial charge in [-0.05, 0) is 29.2 Å². The van der Waals surface area contributed by atoms with Crippen LogP contribution in [0.4, 0.5) is 0 Å². The van der Waals surface area contributed by atoms with Crippen LogP contribution in [0.1, 0.15) is 51.7 Å². The average molecular weight is 427 g/mol. The Morgan fingerprint density at radius 1 is 0.781 bits per heavy atom. The summed E-state index contributed by atoms with van der Waals surface area (Å²) in [5.74, 6) is -1.07. The SMILES string of the molecule is CC(C)[C@@H](NC(=O)[C@H](Cc1ccccc1)N1C(=O)c2ccccc2C1=O)c1ccccc1. The number of nitrogens with one attached hydrogen (secondary N) is 1. The smallest absolute Gasteiger partial charge is 0.262 e. The summed E-state index contributed by atoms with van der Waals surface area (Å²) in [7, 11) is 0. The van der Waals surface area contributed by atoms with Gasteiger partial charge >= 0.3 is 0 Å². The molecule has 0 radical (unpaired) electrons. The second-order valence-corrected chi connectivity index (χ2v) is 8.37. The van der Waals surface area contributed by atoms with Gasteiger partial charge < -0.3 is 5.32 Å². The summed E-state index contributed by atoms with van der Waals surface area (Å²) < 4.78 is 0. The van der Waals surface area contributed by atoms with Crippen LogP contribution in [0.15, 0.2) is 84.9 Å². The molecule has 0 unspecified atom stereocenters. The van der Waals surface area contributed by atoms with E-state index in [4.69, 9.17) is 0 Å². The van der Waals surface area contributed by atoms with Crippen LogP contribution in [0.2, 0.25) is 0 Å². The number of benzene rings is 3. The minimum atomic E-state index is -0.949. The normalized spacial score (nSPS) is 14.9. The maximum absolute atomic E-state index is 13.6. The van der Waals surface area contributed by atoms with Gasteiger partial charge in [0.15, 0.2) is 0 Å². The lowest BCUT2D eigenvalue weighted by Crippen LogP contribution is -2.51. The Bertz CT molecular complexity index is 1090. The molecule has 0 saturated heterocycles. The van der Waals surface area contributed by atoms with Gasteiger partial charge in [-0.25, -0.2) is 0 Å². The predicted molar refractivity (Wildman–Crippen MR) is 123 cm³/mol. The predicted octanol–water partition coefficient (Wildman–Crippen LogP) is 4.41. The highest BCUT2D eigenvalue weighted by atomic mass is 16.2. The maximum Gasteiger partial charge on any atom is 0.262 e. The number of nitrogens with zero attached hydrogens (tertiary/aromatic N) is 1. The summed E-state index contributed by atoms with van der Waals surface area (Å²) >= 11 is 0. The quantitative estimate of drug-likeness (QED) is 0.569. The van der Waals surface area contributed by atoms with Crippen molar-refractivity contribution in [2.75, 3.05) is 0 Å². The van der Waals surface area contributed by atoms with Gasteiger partial charge in [0.1, 0.15) is 6.04 Å². The van der Waals surface area contributed by atoms with Crippen molar-refractivity contribution in [1.82, 2.24) is 10.2 Å². The van der Waals surface area contributed by atoms with Crippen molar-refractivity contribution in [3.8, 4) is 0 Å². The van der Waals surface area contributed by atoms with Crippen molar-refractivity contribution in [2.45, 2.75) is 32.4 Å². The zero-order valence-corrected chi connectivity index (χ0v) is 18.2. The highest BCUT2D eigenvalue weighted by molar-refractivity contribution is 6.22. The van der Waals surface area contributed by atoms with Gasteiger partial charge in [-0.1, -0.05) is 86.6 Å². The van der Waals surface area contributed by atoms with Crippen molar-refractivity contribution < 1.29 is 14.4 Å². The molecule has 1 heterocycles. The van der Waals surface area contributed by atoms with Gasteiger partial charge in [0.05, 0.1) is 17.2 Å². The molecular formula is C27H26N2O3. The lowest BCUT2D eigenvalue weighted by Gasteiger charge is -2.29. The first-order chi connectivity index (χ1) is 15.5. The lowest BCUT2D eigenvalue weighted by atomic mass is 9.95. The first-order valence-corrected chi connectivity index (χ1v) is 10.8. The number of carbonyl (C=O) groups excluding carboxylic acids is 3. The zero-order valence-electron chi connectivity index (χ0n) is 18.2. The van der Waals surface area contributed by atoms with Gasteiger partial charge in [0.25, 0.3) is 11.8 Å². The van der Waals surface area contributed by atoms with Crippen molar-refractivity contribution in [2.24, 2.45) is 5.92 Å².